The Morgan fingerprint density at radius 1 is 1.06 bits per heavy atom. The summed E-state index contributed by atoms with van der Waals surface area (Å²) in [6.45, 7) is 7.30. The highest BCUT2D eigenvalue weighted by Crippen LogP contribution is 2.32. The van der Waals surface area contributed by atoms with Gasteiger partial charge in [0, 0.05) is 42.0 Å². The normalized spacial score (nSPS) is 14.4. The third kappa shape index (κ3) is 5.59. The fraction of sp³-hybridized carbons (Fsp3) is 0.391. The number of benzene rings is 2. The van der Waals surface area contributed by atoms with Crippen LogP contribution in [0.2, 0.25) is 0 Å². The van der Waals surface area contributed by atoms with Gasteiger partial charge in [0.1, 0.15) is 5.69 Å². The zero-order chi connectivity index (χ0) is 22.5. The van der Waals surface area contributed by atoms with Gasteiger partial charge in [-0.3, -0.25) is 19.7 Å². The molecule has 0 unspecified atom stereocenters. The van der Waals surface area contributed by atoms with Crippen molar-refractivity contribution in [3.05, 3.63) is 58.1 Å². The van der Waals surface area contributed by atoms with Gasteiger partial charge >= 0.3 is 0 Å². The minimum atomic E-state index is -0.450. The molecule has 2 amide bonds. The fourth-order valence-corrected chi connectivity index (χ4v) is 3.49. The van der Waals surface area contributed by atoms with Crippen molar-refractivity contribution in [2.24, 2.45) is 11.8 Å². The first kappa shape index (κ1) is 22.3. The van der Waals surface area contributed by atoms with Gasteiger partial charge in [-0.1, -0.05) is 26.8 Å². The maximum absolute atomic E-state index is 12.7. The summed E-state index contributed by atoms with van der Waals surface area (Å²) in [5.41, 5.74) is 1.74. The van der Waals surface area contributed by atoms with Gasteiger partial charge in [-0.05, 0) is 49.1 Å². The highest BCUT2D eigenvalue weighted by molar-refractivity contribution is 6.05. The summed E-state index contributed by atoms with van der Waals surface area (Å²) in [5.74, 6) is -0.127. The number of nitrogens with zero attached hydrogens (tertiary/aromatic N) is 2. The number of anilines is 3. The Hall–Kier alpha value is -3.42. The van der Waals surface area contributed by atoms with E-state index in [1.165, 1.54) is 6.07 Å². The van der Waals surface area contributed by atoms with E-state index < -0.39 is 10.8 Å². The quantitative estimate of drug-likeness (QED) is 0.518. The van der Waals surface area contributed by atoms with E-state index in [-0.39, 0.29) is 23.1 Å². The molecule has 0 atom stereocenters. The first-order chi connectivity index (χ1) is 14.7. The standard InChI is InChI=1S/C23H28N4O4/c1-15(2)22(28)24-18-5-4-6-19(14-18)25-23(29)17-7-8-20(21(13-17)27(30)31)26-11-9-16(3)10-12-26/h4-8,13-16H,9-12H2,1-3H3,(H,24,28)(H,25,29). The van der Waals surface area contributed by atoms with E-state index in [2.05, 4.69) is 17.6 Å². The Morgan fingerprint density at radius 3 is 2.32 bits per heavy atom. The number of rotatable bonds is 6. The lowest BCUT2D eigenvalue weighted by Gasteiger charge is -2.31. The molecular weight excluding hydrogens is 396 g/mol. The number of amides is 2. The van der Waals surface area contributed by atoms with Crippen LogP contribution < -0.4 is 15.5 Å². The van der Waals surface area contributed by atoms with Crippen molar-refractivity contribution in [1.82, 2.24) is 0 Å². The molecule has 164 valence electrons. The van der Waals surface area contributed by atoms with Gasteiger partial charge in [0.2, 0.25) is 5.91 Å². The molecule has 2 aromatic carbocycles. The van der Waals surface area contributed by atoms with Gasteiger partial charge < -0.3 is 15.5 Å². The van der Waals surface area contributed by atoms with Crippen molar-refractivity contribution in [3.63, 3.8) is 0 Å². The predicted molar refractivity (Wildman–Crippen MR) is 122 cm³/mol. The maximum atomic E-state index is 12.7. The number of hydrogen-bond donors (Lipinski definition) is 2. The summed E-state index contributed by atoms with van der Waals surface area (Å²) in [4.78, 5) is 37.9. The van der Waals surface area contributed by atoms with Crippen LogP contribution in [0.5, 0.6) is 0 Å². The molecule has 0 radical (unpaired) electrons. The van der Waals surface area contributed by atoms with Crippen molar-refractivity contribution in [2.45, 2.75) is 33.6 Å². The zero-order valence-electron chi connectivity index (χ0n) is 18.1. The average molecular weight is 425 g/mol. The molecule has 0 bridgehead atoms. The minimum absolute atomic E-state index is 0.0693. The van der Waals surface area contributed by atoms with E-state index in [9.17, 15) is 19.7 Å². The molecule has 3 rings (SSSR count). The lowest BCUT2D eigenvalue weighted by atomic mass is 9.98. The first-order valence-electron chi connectivity index (χ1n) is 10.5. The molecule has 8 nitrogen and oxygen atoms in total. The van der Waals surface area contributed by atoms with Gasteiger partial charge in [0.05, 0.1) is 4.92 Å². The van der Waals surface area contributed by atoms with Crippen LogP contribution in [0.3, 0.4) is 0 Å². The largest absolute Gasteiger partial charge is 0.366 e. The van der Waals surface area contributed by atoms with E-state index >= 15 is 0 Å². The Bertz CT molecular complexity index is 981. The molecule has 0 aliphatic carbocycles. The number of nitro benzene ring substituents is 1. The predicted octanol–water partition coefficient (Wildman–Crippen LogP) is 4.68. The molecule has 2 aromatic rings. The zero-order valence-corrected chi connectivity index (χ0v) is 18.1. The molecule has 0 spiro atoms. The topological polar surface area (TPSA) is 105 Å². The van der Waals surface area contributed by atoms with Crippen LogP contribution in [0.4, 0.5) is 22.7 Å². The fourth-order valence-electron chi connectivity index (χ4n) is 3.49. The number of piperidine rings is 1. The summed E-state index contributed by atoms with van der Waals surface area (Å²) in [6.07, 6.45) is 1.98. The molecule has 1 heterocycles. The van der Waals surface area contributed by atoms with Crippen molar-refractivity contribution in [3.8, 4) is 0 Å². The number of carbonyl (C=O) groups is 2. The van der Waals surface area contributed by atoms with Crippen molar-refractivity contribution < 1.29 is 14.5 Å². The van der Waals surface area contributed by atoms with Crippen LogP contribution in [0, 0.1) is 22.0 Å². The second-order valence-corrected chi connectivity index (χ2v) is 8.31. The van der Waals surface area contributed by atoms with Crippen LogP contribution in [0.1, 0.15) is 44.0 Å². The molecular formula is C23H28N4O4. The molecule has 1 aliphatic heterocycles. The molecule has 0 saturated carbocycles. The van der Waals surface area contributed by atoms with Gasteiger partial charge in [0.25, 0.3) is 11.6 Å². The molecule has 1 fully saturated rings. The van der Waals surface area contributed by atoms with Crippen molar-refractivity contribution >= 4 is 34.6 Å². The van der Waals surface area contributed by atoms with Crippen LogP contribution in [-0.2, 0) is 4.79 Å². The Balaban J connectivity index is 1.77. The summed E-state index contributed by atoms with van der Waals surface area (Å²) in [7, 11) is 0. The third-order valence-electron chi connectivity index (χ3n) is 5.47. The molecule has 1 saturated heterocycles. The highest BCUT2D eigenvalue weighted by atomic mass is 16.6. The summed E-state index contributed by atoms with van der Waals surface area (Å²) in [6, 6.07) is 11.4. The van der Waals surface area contributed by atoms with Gasteiger partial charge in [-0.25, -0.2) is 0 Å². The second kappa shape index (κ2) is 9.59. The number of nitrogens with one attached hydrogen (secondary N) is 2. The summed E-state index contributed by atoms with van der Waals surface area (Å²) >= 11 is 0. The number of nitro groups is 1. The second-order valence-electron chi connectivity index (χ2n) is 8.31. The smallest absolute Gasteiger partial charge is 0.293 e. The molecule has 1 aliphatic rings. The van der Waals surface area contributed by atoms with E-state index in [0.717, 1.165) is 25.9 Å². The van der Waals surface area contributed by atoms with Crippen molar-refractivity contribution in [1.29, 1.82) is 0 Å². The SMILES string of the molecule is CC1CCN(c2ccc(C(=O)Nc3cccc(NC(=O)C(C)C)c3)cc2[N+](=O)[O-])CC1. The summed E-state index contributed by atoms with van der Waals surface area (Å²) < 4.78 is 0. The van der Waals surface area contributed by atoms with Crippen LogP contribution in [0.25, 0.3) is 0 Å². The summed E-state index contributed by atoms with van der Waals surface area (Å²) in [5, 5.41) is 17.2. The lowest BCUT2D eigenvalue weighted by molar-refractivity contribution is -0.384. The van der Waals surface area contributed by atoms with Gasteiger partial charge in [0.15, 0.2) is 0 Å². The number of carbonyl (C=O) groups excluding carboxylic acids is 2. The maximum Gasteiger partial charge on any atom is 0.293 e. The lowest BCUT2D eigenvalue weighted by Crippen LogP contribution is -2.33. The molecule has 8 heteroatoms. The first-order valence-corrected chi connectivity index (χ1v) is 10.5. The van der Waals surface area contributed by atoms with E-state index in [4.69, 9.17) is 0 Å². The third-order valence-corrected chi connectivity index (χ3v) is 5.47. The number of hydrogen-bond acceptors (Lipinski definition) is 5. The van der Waals surface area contributed by atoms with Gasteiger partial charge in [-0.15, -0.1) is 0 Å². The molecule has 31 heavy (non-hydrogen) atoms. The van der Waals surface area contributed by atoms with E-state index in [1.807, 2.05) is 4.90 Å². The average Bonchev–Trinajstić information content (AvgIpc) is 2.74. The van der Waals surface area contributed by atoms with E-state index in [1.54, 1.807) is 50.2 Å². The Morgan fingerprint density at radius 2 is 1.71 bits per heavy atom. The minimum Gasteiger partial charge on any atom is -0.366 e. The molecule has 2 N–H and O–H groups in total. The van der Waals surface area contributed by atoms with Crippen LogP contribution >= 0.6 is 0 Å². The Labute approximate surface area is 181 Å². The van der Waals surface area contributed by atoms with Crippen molar-refractivity contribution in [2.75, 3.05) is 28.6 Å². The monoisotopic (exact) mass is 424 g/mol. The van der Waals surface area contributed by atoms with E-state index in [0.29, 0.717) is 23.0 Å². The molecule has 0 aromatic heterocycles. The van der Waals surface area contributed by atoms with Gasteiger partial charge in [-0.2, -0.15) is 0 Å². The van der Waals surface area contributed by atoms with Crippen LogP contribution in [0.15, 0.2) is 42.5 Å². The highest BCUT2D eigenvalue weighted by Gasteiger charge is 2.25. The van der Waals surface area contributed by atoms with Crippen LogP contribution in [-0.4, -0.2) is 29.8 Å². The Kier molecular flexibility index (Phi) is 6.89.